The Kier molecular flexibility index (Phi) is 14.2. The van der Waals surface area contributed by atoms with Crippen LogP contribution in [0.15, 0.2) is 70.5 Å². The van der Waals surface area contributed by atoms with Crippen molar-refractivity contribution < 1.29 is 47.6 Å². The first-order valence-corrected chi connectivity index (χ1v) is 24.6. The van der Waals surface area contributed by atoms with Crippen molar-refractivity contribution in [2.45, 2.75) is 102 Å². The van der Waals surface area contributed by atoms with E-state index in [4.69, 9.17) is 9.47 Å². The molecule has 2 aromatic carbocycles. The van der Waals surface area contributed by atoms with Gasteiger partial charge in [0.2, 0.25) is 0 Å². The fraction of sp³-hybridized carbons (Fsp3) is 0.500. The van der Waals surface area contributed by atoms with E-state index in [0.29, 0.717) is 97.6 Å². The van der Waals surface area contributed by atoms with E-state index in [1.807, 2.05) is 9.80 Å². The number of pyridine rings is 2. The summed E-state index contributed by atoms with van der Waals surface area (Å²) in [7, 11) is 0. The van der Waals surface area contributed by atoms with Crippen LogP contribution in [-0.4, -0.2) is 142 Å². The molecule has 4 amide bonds. The van der Waals surface area contributed by atoms with Gasteiger partial charge in [-0.05, 0) is 113 Å². The molecule has 0 radical (unpaired) electrons. The van der Waals surface area contributed by atoms with Crippen LogP contribution in [0.2, 0.25) is 0 Å². The van der Waals surface area contributed by atoms with Crippen molar-refractivity contribution in [1.82, 2.24) is 18.9 Å². The maximum absolute atomic E-state index is 16.3. The molecule has 2 unspecified atom stereocenters. The molecule has 6 heterocycles. The molecule has 20 heteroatoms. The number of benzene rings is 2. The zero-order valence-electron chi connectivity index (χ0n) is 41.0. The monoisotopic (exact) mass is 996 g/mol. The molecule has 384 valence electrons. The van der Waals surface area contributed by atoms with Crippen molar-refractivity contribution in [2.75, 3.05) is 86.1 Å². The number of nitrogens with zero attached hydrogens (tertiary/aromatic N) is 6. The molecule has 72 heavy (non-hydrogen) atoms. The van der Waals surface area contributed by atoms with Crippen molar-refractivity contribution >= 4 is 46.4 Å². The molecule has 4 aliphatic heterocycles. The van der Waals surface area contributed by atoms with Gasteiger partial charge in [0.25, 0.3) is 34.7 Å². The van der Waals surface area contributed by atoms with Crippen LogP contribution >= 0.6 is 0 Å². The number of rotatable bonds is 17. The lowest BCUT2D eigenvalue weighted by Gasteiger charge is -2.31. The Morgan fingerprint density at radius 1 is 0.708 bits per heavy atom. The third-order valence-corrected chi connectivity index (χ3v) is 14.5. The van der Waals surface area contributed by atoms with Gasteiger partial charge < -0.3 is 59.1 Å². The zero-order valence-corrected chi connectivity index (χ0v) is 41.0. The highest BCUT2D eigenvalue weighted by atomic mass is 19.1. The maximum atomic E-state index is 16.3. The topological polar surface area (TPSA) is 208 Å². The number of amides is 4. The van der Waals surface area contributed by atoms with E-state index in [1.54, 1.807) is 54.1 Å². The normalized spacial score (nSPS) is 19.2. The number of fused-ring (bicyclic) bond motifs is 2. The average Bonchev–Trinajstić information content (AvgIpc) is 4.10. The molecule has 5 aliphatic rings. The Labute approximate surface area is 415 Å². The summed E-state index contributed by atoms with van der Waals surface area (Å²) in [6, 6.07) is 12.2. The van der Waals surface area contributed by atoms with E-state index in [2.05, 4.69) is 10.6 Å². The minimum Gasteiger partial charge on any atom is -0.387 e. The van der Waals surface area contributed by atoms with Crippen LogP contribution in [0.4, 0.5) is 31.5 Å². The molecule has 18 nitrogen and oxygen atoms in total. The molecular weight excluding hydrogens is 935 g/mol. The predicted molar refractivity (Wildman–Crippen MR) is 265 cm³/mol. The van der Waals surface area contributed by atoms with Gasteiger partial charge in [0, 0.05) is 74.9 Å². The number of carbonyl (C=O) groups is 4. The van der Waals surface area contributed by atoms with Crippen molar-refractivity contribution in [3.63, 3.8) is 0 Å². The van der Waals surface area contributed by atoms with E-state index in [1.165, 1.54) is 53.5 Å². The van der Waals surface area contributed by atoms with Crippen molar-refractivity contribution in [1.29, 1.82) is 0 Å². The molecule has 0 spiro atoms. The lowest BCUT2D eigenvalue weighted by atomic mass is 9.92. The Morgan fingerprint density at radius 3 is 1.67 bits per heavy atom. The molecule has 2 aromatic heterocycles. The molecule has 9 rings (SSSR count). The van der Waals surface area contributed by atoms with E-state index < -0.39 is 65.3 Å². The van der Waals surface area contributed by atoms with Crippen LogP contribution < -0.4 is 31.6 Å². The summed E-state index contributed by atoms with van der Waals surface area (Å²) >= 11 is 0. The van der Waals surface area contributed by atoms with E-state index in [-0.39, 0.29) is 55.2 Å². The lowest BCUT2D eigenvalue weighted by molar-refractivity contribution is -0.0398. The number of hydrogen-bond acceptors (Lipinski definition) is 12. The van der Waals surface area contributed by atoms with E-state index >= 15 is 4.39 Å². The Bertz CT molecular complexity index is 2880. The largest absolute Gasteiger partial charge is 0.387 e. The van der Waals surface area contributed by atoms with Crippen LogP contribution in [0.1, 0.15) is 118 Å². The number of hydrogen-bond donors (Lipinski definition) is 4. The van der Waals surface area contributed by atoms with Gasteiger partial charge in [-0.2, -0.15) is 0 Å². The number of aromatic nitrogens is 2. The second-order valence-electron chi connectivity index (χ2n) is 20.4. The van der Waals surface area contributed by atoms with Crippen molar-refractivity contribution in [2.24, 2.45) is 0 Å². The van der Waals surface area contributed by atoms with E-state index in [0.717, 1.165) is 12.8 Å². The molecule has 0 bridgehead atoms. The number of carbonyl (C=O) groups excluding carboxylic acids is 4. The summed E-state index contributed by atoms with van der Waals surface area (Å²) in [5.41, 5.74) is -1.19. The summed E-state index contributed by atoms with van der Waals surface area (Å²) in [5, 5.41) is 27.5. The van der Waals surface area contributed by atoms with Gasteiger partial charge in [0.05, 0.1) is 73.5 Å². The fourth-order valence-electron chi connectivity index (χ4n) is 9.78. The highest BCUT2D eigenvalue weighted by molar-refractivity contribution is 6.09. The predicted octanol–water partition coefficient (Wildman–Crippen LogP) is 4.67. The van der Waals surface area contributed by atoms with Gasteiger partial charge in [-0.25, -0.2) is 8.78 Å². The molecule has 4 atom stereocenters. The number of aliphatic hydroxyl groups is 2. The fourth-order valence-corrected chi connectivity index (χ4v) is 9.78. The quantitative estimate of drug-likeness (QED) is 0.114. The molecule has 4 aromatic rings. The first-order chi connectivity index (χ1) is 34.3. The van der Waals surface area contributed by atoms with E-state index in [9.17, 15) is 43.4 Å². The number of nitrogens with one attached hydrogen (secondary N) is 2. The minimum atomic E-state index is -1.94. The first-order valence-electron chi connectivity index (χ1n) is 24.6. The Morgan fingerprint density at radius 2 is 1.18 bits per heavy atom. The highest BCUT2D eigenvalue weighted by Gasteiger charge is 2.40. The summed E-state index contributed by atoms with van der Waals surface area (Å²) in [6.45, 7) is 8.60. The number of morpholine rings is 2. The van der Waals surface area contributed by atoms with Gasteiger partial charge >= 0.3 is 0 Å². The van der Waals surface area contributed by atoms with Crippen LogP contribution in [-0.2, 0) is 22.6 Å². The third kappa shape index (κ3) is 10.4. The maximum Gasteiger partial charge on any atom is 0.263 e. The highest BCUT2D eigenvalue weighted by Crippen LogP contribution is 2.38. The standard InChI is InChI=1S/C52H62F2N8O10/c1-31(61-13-5-7-35(49(61)67)45(63)55-39-23-32-27-59(29-43(53)51(2,3)69)47(65)37(32)25-41(39)57-15-19-71-20-16-57)11-12-52(4,70)44(54)30-60-28-33-24-40(42(26-38(33)48(60)66)58-17-21-72-22-18-58)56-46(64)36-8-6-14-62(50(36)68)34-9-10-34/h5-8,13-14,23-26,31,34,43-44,69-70H,9-12,15-22,27-30H2,1-4H3,(H,55,63)(H,56,64)/t31?,43-,44-,52?/m1/s1. The van der Waals surface area contributed by atoms with Gasteiger partial charge in [-0.15, -0.1) is 0 Å². The molecule has 4 N–H and O–H groups in total. The van der Waals surface area contributed by atoms with Crippen LogP contribution in [0, 0.1) is 0 Å². The van der Waals surface area contributed by atoms with Crippen molar-refractivity contribution in [3.8, 4) is 0 Å². The smallest absolute Gasteiger partial charge is 0.263 e. The van der Waals surface area contributed by atoms with Crippen LogP contribution in [0.25, 0.3) is 0 Å². The number of halogens is 2. The molecule has 1 saturated carbocycles. The SMILES string of the molecule is CC(CCC(C)(O)[C@H](F)CN1Cc2cc(NC(=O)c3cccn(C4CC4)c3=O)c(N3CCOCC3)cc2C1=O)n1cccc(C(=O)Nc2cc3c(cc2N2CCOCC2)C(=O)N(C[C@@H](F)C(C)(C)O)C3)c1=O. The summed E-state index contributed by atoms with van der Waals surface area (Å²) in [6.07, 6.45) is 1.33. The van der Waals surface area contributed by atoms with Gasteiger partial charge in [0.1, 0.15) is 23.5 Å². The molecular formula is C52H62F2N8O10. The first kappa shape index (κ1) is 50.5. The Hall–Kier alpha value is -6.48. The van der Waals surface area contributed by atoms with Crippen molar-refractivity contribution in [3.05, 3.63) is 115 Å². The van der Waals surface area contributed by atoms with Gasteiger partial charge in [-0.3, -0.25) is 28.8 Å². The number of ether oxygens (including phenoxy) is 2. The zero-order chi connectivity index (χ0) is 51.2. The molecule has 1 aliphatic carbocycles. The van der Waals surface area contributed by atoms with Gasteiger partial charge in [0.15, 0.2) is 0 Å². The van der Waals surface area contributed by atoms with Gasteiger partial charge in [-0.1, -0.05) is 0 Å². The number of anilines is 4. The minimum absolute atomic E-state index is 0.00575. The summed E-state index contributed by atoms with van der Waals surface area (Å²) in [4.78, 5) is 88.8. The molecule has 2 saturated heterocycles. The summed E-state index contributed by atoms with van der Waals surface area (Å²) in [5.74, 6) is -2.14. The lowest BCUT2D eigenvalue weighted by Crippen LogP contribution is -2.44. The Balaban J connectivity index is 0.862. The van der Waals surface area contributed by atoms with Crippen LogP contribution in [0.5, 0.6) is 0 Å². The molecule has 3 fully saturated rings. The third-order valence-electron chi connectivity index (χ3n) is 14.5. The second-order valence-corrected chi connectivity index (χ2v) is 20.4. The number of alkyl halides is 2. The van der Waals surface area contributed by atoms with Crippen LogP contribution in [0.3, 0.4) is 0 Å². The second kappa shape index (κ2) is 20.2. The summed E-state index contributed by atoms with van der Waals surface area (Å²) < 4.78 is 45.3. The average molecular weight is 997 g/mol.